The lowest BCUT2D eigenvalue weighted by Gasteiger charge is -2.28. The fraction of sp³-hybridized carbons (Fsp3) is 0.609. The Bertz CT molecular complexity index is 812. The highest BCUT2D eigenvalue weighted by Crippen LogP contribution is 2.20. The van der Waals surface area contributed by atoms with Gasteiger partial charge < -0.3 is 30.9 Å². The molecule has 3 rings (SSSR count). The van der Waals surface area contributed by atoms with Crippen molar-refractivity contribution in [2.24, 2.45) is 11.5 Å². The highest BCUT2D eigenvalue weighted by atomic mass is 16.6. The Labute approximate surface area is 194 Å². The minimum Gasteiger partial charge on any atom is -0.490 e. The van der Waals surface area contributed by atoms with Crippen LogP contribution in [0.4, 0.5) is 4.79 Å². The molecule has 0 radical (unpaired) electrons. The van der Waals surface area contributed by atoms with Gasteiger partial charge in [-0.15, -0.1) is 0 Å². The second kappa shape index (κ2) is 11.9. The number of aliphatic carboxylic acids is 1. The van der Waals surface area contributed by atoms with Crippen LogP contribution in [0.3, 0.4) is 0 Å². The van der Waals surface area contributed by atoms with Gasteiger partial charge in [0.05, 0.1) is 12.6 Å². The van der Waals surface area contributed by atoms with E-state index in [1.54, 1.807) is 24.3 Å². The number of likely N-dealkylation sites (tertiary alicyclic amines) is 1. The third kappa shape index (κ3) is 7.33. The maximum Gasteiger partial charge on any atom is 0.410 e. The first kappa shape index (κ1) is 24.8. The van der Waals surface area contributed by atoms with Crippen molar-refractivity contribution >= 4 is 17.9 Å². The van der Waals surface area contributed by atoms with Crippen LogP contribution in [0.15, 0.2) is 24.3 Å². The van der Waals surface area contributed by atoms with Crippen LogP contribution in [0.1, 0.15) is 37.7 Å². The number of carbonyl (C=O) groups excluding carboxylic acids is 1. The Morgan fingerprint density at radius 3 is 2.58 bits per heavy atom. The number of carboxylic acids is 1. The molecular weight excluding hydrogens is 426 g/mol. The minimum atomic E-state index is -1.04. The third-order valence-corrected chi connectivity index (χ3v) is 6.17. The molecule has 2 fully saturated rings. The van der Waals surface area contributed by atoms with Crippen LogP contribution in [-0.4, -0.2) is 83.8 Å². The summed E-state index contributed by atoms with van der Waals surface area (Å²) in [7, 11) is 0. The first-order valence-electron chi connectivity index (χ1n) is 11.6. The first-order valence-corrected chi connectivity index (χ1v) is 11.6. The number of ether oxygens (including phenoxy) is 2. The summed E-state index contributed by atoms with van der Waals surface area (Å²) in [5.74, 6) is -0.484. The average molecular weight is 462 g/mol. The Kier molecular flexibility index (Phi) is 8.90. The van der Waals surface area contributed by atoms with Crippen molar-refractivity contribution in [2.75, 3.05) is 32.8 Å². The van der Waals surface area contributed by atoms with Crippen molar-refractivity contribution in [1.29, 1.82) is 5.41 Å². The maximum absolute atomic E-state index is 12.4. The molecule has 1 aromatic rings. The van der Waals surface area contributed by atoms with Crippen molar-refractivity contribution < 1.29 is 24.2 Å². The molecule has 2 aliphatic rings. The van der Waals surface area contributed by atoms with Gasteiger partial charge >= 0.3 is 12.1 Å². The summed E-state index contributed by atoms with van der Waals surface area (Å²) in [5, 5.41) is 16.9. The van der Waals surface area contributed by atoms with Gasteiger partial charge in [-0.1, -0.05) is 18.6 Å². The summed E-state index contributed by atoms with van der Waals surface area (Å²) in [6, 6.07) is 5.58. The van der Waals surface area contributed by atoms with Gasteiger partial charge in [0.15, 0.2) is 6.10 Å². The number of benzene rings is 1. The number of nitrogens with zero attached hydrogens (tertiary/aromatic N) is 2. The number of carbonyl (C=O) groups is 2. The first-order chi connectivity index (χ1) is 15.8. The normalized spacial score (nSPS) is 20.8. The van der Waals surface area contributed by atoms with Crippen LogP contribution >= 0.6 is 0 Å². The number of hydrogen-bond acceptors (Lipinski definition) is 7. The van der Waals surface area contributed by atoms with Crippen LogP contribution in [0.5, 0.6) is 5.75 Å². The predicted octanol–water partition coefficient (Wildman–Crippen LogP) is 1.41. The summed E-state index contributed by atoms with van der Waals surface area (Å²) in [6.45, 7) is 3.67. The quantitative estimate of drug-likeness (QED) is 0.269. The fourth-order valence-corrected chi connectivity index (χ4v) is 4.31. The van der Waals surface area contributed by atoms with E-state index in [-0.39, 0.29) is 18.9 Å². The number of rotatable bonds is 12. The summed E-state index contributed by atoms with van der Waals surface area (Å²) in [4.78, 5) is 27.3. The minimum absolute atomic E-state index is 0.0256. The summed E-state index contributed by atoms with van der Waals surface area (Å²) < 4.78 is 11.2. The van der Waals surface area contributed by atoms with Crippen molar-refractivity contribution in [3.63, 3.8) is 0 Å². The van der Waals surface area contributed by atoms with Crippen molar-refractivity contribution in [2.45, 2.75) is 56.7 Å². The molecule has 2 heterocycles. The van der Waals surface area contributed by atoms with Crippen molar-refractivity contribution in [1.82, 2.24) is 9.80 Å². The molecule has 0 aliphatic carbocycles. The van der Waals surface area contributed by atoms with E-state index in [1.165, 1.54) is 24.2 Å². The van der Waals surface area contributed by atoms with Crippen LogP contribution in [0, 0.1) is 5.41 Å². The monoisotopic (exact) mass is 461 g/mol. The molecule has 33 heavy (non-hydrogen) atoms. The van der Waals surface area contributed by atoms with E-state index in [2.05, 4.69) is 4.90 Å². The number of nitrogens with two attached hydrogens (primary N) is 2. The largest absolute Gasteiger partial charge is 0.490 e. The third-order valence-electron chi connectivity index (χ3n) is 6.17. The van der Waals surface area contributed by atoms with Gasteiger partial charge in [-0.3, -0.25) is 15.1 Å². The van der Waals surface area contributed by atoms with E-state index in [0.29, 0.717) is 18.7 Å². The summed E-state index contributed by atoms with van der Waals surface area (Å²) in [5.41, 5.74) is 12.2. The van der Waals surface area contributed by atoms with Crippen LogP contribution in [0.25, 0.3) is 0 Å². The molecule has 3 unspecified atom stereocenters. The SMILES string of the molecule is N=C(N)C(CCCN1CCCCC1)N1CC(COc2ccc(CC(N)C(=O)O)cc2)OC1=O. The zero-order valence-electron chi connectivity index (χ0n) is 18.9. The number of cyclic esters (lactones) is 1. The maximum atomic E-state index is 12.4. The van der Waals surface area contributed by atoms with E-state index in [9.17, 15) is 9.59 Å². The molecule has 10 heteroatoms. The van der Waals surface area contributed by atoms with E-state index in [4.69, 9.17) is 31.5 Å². The van der Waals surface area contributed by atoms with Crippen molar-refractivity contribution in [3.05, 3.63) is 29.8 Å². The number of piperidine rings is 1. The molecule has 1 aromatic carbocycles. The average Bonchev–Trinajstić information content (AvgIpc) is 3.16. The van der Waals surface area contributed by atoms with Crippen LogP contribution in [-0.2, 0) is 16.0 Å². The van der Waals surface area contributed by atoms with Crippen LogP contribution in [0.2, 0.25) is 0 Å². The summed E-state index contributed by atoms with van der Waals surface area (Å²) in [6.07, 6.45) is 4.56. The Morgan fingerprint density at radius 1 is 1.24 bits per heavy atom. The number of carboxylic acid groups (broad SMARTS) is 1. The molecule has 1 amide bonds. The van der Waals surface area contributed by atoms with E-state index in [0.717, 1.165) is 31.6 Å². The molecule has 6 N–H and O–H groups in total. The zero-order valence-corrected chi connectivity index (χ0v) is 18.9. The number of hydrogen-bond donors (Lipinski definition) is 4. The number of amidine groups is 1. The lowest BCUT2D eigenvalue weighted by atomic mass is 10.1. The van der Waals surface area contributed by atoms with Gasteiger partial charge in [0, 0.05) is 0 Å². The smallest absolute Gasteiger partial charge is 0.410 e. The van der Waals surface area contributed by atoms with Gasteiger partial charge in [-0.2, -0.15) is 0 Å². The van der Waals surface area contributed by atoms with E-state index in [1.807, 2.05) is 0 Å². The van der Waals surface area contributed by atoms with Gasteiger partial charge in [-0.05, 0) is 69.4 Å². The summed E-state index contributed by atoms with van der Waals surface area (Å²) >= 11 is 0. The Hall–Kier alpha value is -2.85. The lowest BCUT2D eigenvalue weighted by molar-refractivity contribution is -0.138. The highest BCUT2D eigenvalue weighted by Gasteiger charge is 2.37. The molecular formula is C23H35N5O5. The molecule has 2 saturated heterocycles. The Morgan fingerprint density at radius 2 is 1.94 bits per heavy atom. The second-order valence-corrected chi connectivity index (χ2v) is 8.78. The molecule has 2 aliphatic heterocycles. The predicted molar refractivity (Wildman–Crippen MR) is 123 cm³/mol. The van der Waals surface area contributed by atoms with Crippen molar-refractivity contribution in [3.8, 4) is 5.75 Å². The second-order valence-electron chi connectivity index (χ2n) is 8.78. The number of nitrogens with one attached hydrogen (secondary N) is 1. The molecule has 0 saturated carbocycles. The van der Waals surface area contributed by atoms with E-state index >= 15 is 0 Å². The molecule has 182 valence electrons. The Balaban J connectivity index is 1.45. The van der Waals surface area contributed by atoms with Crippen LogP contribution < -0.4 is 16.2 Å². The van der Waals surface area contributed by atoms with Gasteiger partial charge in [0.25, 0.3) is 0 Å². The van der Waals surface area contributed by atoms with E-state index < -0.39 is 30.3 Å². The highest BCUT2D eigenvalue weighted by molar-refractivity contribution is 5.87. The van der Waals surface area contributed by atoms with Gasteiger partial charge in [0.2, 0.25) is 0 Å². The molecule has 0 bridgehead atoms. The molecule has 10 nitrogen and oxygen atoms in total. The fourth-order valence-electron chi connectivity index (χ4n) is 4.31. The van der Waals surface area contributed by atoms with Gasteiger partial charge in [-0.25, -0.2) is 4.79 Å². The topological polar surface area (TPSA) is 155 Å². The number of amides is 1. The molecule has 3 atom stereocenters. The standard InChI is InChI=1S/C23H35N5O5/c24-19(22(29)30)13-16-6-8-17(9-7-16)32-15-18-14-28(23(31)33-18)20(21(25)26)5-4-12-27-10-2-1-3-11-27/h6-9,18-20H,1-5,10-15,24H2,(H3,25,26)(H,29,30). The lowest BCUT2D eigenvalue weighted by Crippen LogP contribution is -2.46. The zero-order chi connectivity index (χ0) is 23.8. The molecule has 0 spiro atoms. The molecule has 0 aromatic heterocycles. The van der Waals surface area contributed by atoms with Gasteiger partial charge in [0.1, 0.15) is 24.2 Å².